The second-order valence-corrected chi connectivity index (χ2v) is 8.84. The van der Waals surface area contributed by atoms with Gasteiger partial charge < -0.3 is 19.9 Å². The van der Waals surface area contributed by atoms with Gasteiger partial charge in [-0.05, 0) is 67.9 Å². The predicted octanol–water partition coefficient (Wildman–Crippen LogP) is 3.87. The van der Waals surface area contributed by atoms with E-state index < -0.39 is 5.60 Å². The molecule has 148 valence electrons. The van der Waals surface area contributed by atoms with Crippen molar-refractivity contribution in [3.05, 3.63) is 0 Å². The lowest BCUT2D eigenvalue weighted by Gasteiger charge is -2.34. The molecule has 1 aliphatic rings. The highest BCUT2D eigenvalue weighted by Gasteiger charge is 2.30. The summed E-state index contributed by atoms with van der Waals surface area (Å²) in [7, 11) is 2.16. The lowest BCUT2D eigenvalue weighted by Crippen LogP contribution is -2.46. The smallest absolute Gasteiger partial charge is 0.410 e. The average molecular weight is 356 g/mol. The number of likely N-dealkylation sites (N-methyl/N-ethyl adjacent to an activating group) is 1. The Labute approximate surface area is 155 Å². The summed E-state index contributed by atoms with van der Waals surface area (Å²) in [6.07, 6.45) is 5.41. The number of carbonyl (C=O) groups is 1. The van der Waals surface area contributed by atoms with Crippen molar-refractivity contribution < 1.29 is 9.53 Å². The van der Waals surface area contributed by atoms with E-state index >= 15 is 0 Å². The minimum atomic E-state index is -0.431. The zero-order valence-electron chi connectivity index (χ0n) is 17.6. The molecule has 2 unspecified atom stereocenters. The third-order valence-corrected chi connectivity index (χ3v) is 4.97. The molecule has 0 aromatic rings. The summed E-state index contributed by atoms with van der Waals surface area (Å²) >= 11 is 0. The molecule has 0 bridgehead atoms. The summed E-state index contributed by atoms with van der Waals surface area (Å²) in [5, 5.41) is 3.62. The van der Waals surface area contributed by atoms with E-state index in [0.717, 1.165) is 38.9 Å². The number of hydrogen-bond donors (Lipinski definition) is 1. The van der Waals surface area contributed by atoms with Crippen LogP contribution in [0.25, 0.3) is 0 Å². The molecule has 1 heterocycles. The van der Waals surface area contributed by atoms with Crippen LogP contribution >= 0.6 is 0 Å². The van der Waals surface area contributed by atoms with E-state index in [1.165, 1.54) is 12.8 Å². The number of likely N-dealkylation sites (tertiary alicyclic amines) is 1. The van der Waals surface area contributed by atoms with Gasteiger partial charge in [0.2, 0.25) is 0 Å². The molecule has 0 aliphatic carbocycles. The third kappa shape index (κ3) is 8.91. The predicted molar refractivity (Wildman–Crippen MR) is 105 cm³/mol. The SMILES string of the molecule is CC(CC1CCCCCN1C(=O)OC(C)(C)C)NCCN(C)C(C)C. The van der Waals surface area contributed by atoms with Gasteiger partial charge in [-0.15, -0.1) is 0 Å². The Bertz CT molecular complexity index is 393. The third-order valence-electron chi connectivity index (χ3n) is 4.97. The Morgan fingerprint density at radius 3 is 2.52 bits per heavy atom. The molecule has 1 amide bonds. The van der Waals surface area contributed by atoms with Gasteiger partial charge in [-0.25, -0.2) is 4.79 Å². The van der Waals surface area contributed by atoms with Crippen molar-refractivity contribution in [3.63, 3.8) is 0 Å². The number of rotatable bonds is 7. The maximum atomic E-state index is 12.6. The summed E-state index contributed by atoms with van der Waals surface area (Å²) in [6.45, 7) is 15.3. The van der Waals surface area contributed by atoms with E-state index in [1.807, 2.05) is 25.7 Å². The molecular weight excluding hydrogens is 314 g/mol. The summed E-state index contributed by atoms with van der Waals surface area (Å²) in [6, 6.07) is 1.25. The Kier molecular flexibility index (Phi) is 9.22. The van der Waals surface area contributed by atoms with E-state index in [1.54, 1.807) is 0 Å². The molecule has 5 heteroatoms. The maximum Gasteiger partial charge on any atom is 0.410 e. The molecule has 1 aliphatic heterocycles. The van der Waals surface area contributed by atoms with Gasteiger partial charge in [-0.1, -0.05) is 12.8 Å². The molecule has 2 atom stereocenters. The Hall–Kier alpha value is -0.810. The molecule has 0 aromatic heterocycles. The molecule has 1 fully saturated rings. The molecule has 5 nitrogen and oxygen atoms in total. The van der Waals surface area contributed by atoms with Crippen LogP contribution in [0.4, 0.5) is 4.79 Å². The molecule has 0 aromatic carbocycles. The zero-order valence-corrected chi connectivity index (χ0v) is 17.6. The van der Waals surface area contributed by atoms with Crippen LogP contribution in [0.2, 0.25) is 0 Å². The minimum absolute atomic E-state index is 0.147. The van der Waals surface area contributed by atoms with Gasteiger partial charge in [0.15, 0.2) is 0 Å². The Morgan fingerprint density at radius 1 is 1.24 bits per heavy atom. The highest BCUT2D eigenvalue weighted by Crippen LogP contribution is 2.23. The molecular formula is C20H41N3O2. The topological polar surface area (TPSA) is 44.8 Å². The number of carbonyl (C=O) groups excluding carboxylic acids is 1. The van der Waals surface area contributed by atoms with E-state index in [0.29, 0.717) is 12.1 Å². The summed E-state index contributed by atoms with van der Waals surface area (Å²) in [4.78, 5) is 16.9. The zero-order chi connectivity index (χ0) is 19.0. The van der Waals surface area contributed by atoms with Crippen molar-refractivity contribution in [1.29, 1.82) is 0 Å². The van der Waals surface area contributed by atoms with Gasteiger partial charge in [0.25, 0.3) is 0 Å². The van der Waals surface area contributed by atoms with Gasteiger partial charge in [-0.3, -0.25) is 0 Å². The second kappa shape index (κ2) is 10.4. The van der Waals surface area contributed by atoms with Crippen LogP contribution in [0.15, 0.2) is 0 Å². The molecule has 1 saturated heterocycles. The highest BCUT2D eigenvalue weighted by molar-refractivity contribution is 5.68. The van der Waals surface area contributed by atoms with Gasteiger partial charge >= 0.3 is 6.09 Å². The van der Waals surface area contributed by atoms with E-state index in [9.17, 15) is 4.79 Å². The van der Waals surface area contributed by atoms with Crippen LogP contribution in [0.3, 0.4) is 0 Å². The molecule has 0 saturated carbocycles. The Morgan fingerprint density at radius 2 is 1.92 bits per heavy atom. The second-order valence-electron chi connectivity index (χ2n) is 8.84. The van der Waals surface area contributed by atoms with E-state index in [2.05, 4.69) is 38.0 Å². The largest absolute Gasteiger partial charge is 0.444 e. The minimum Gasteiger partial charge on any atom is -0.444 e. The number of hydrogen-bond acceptors (Lipinski definition) is 4. The standard InChI is InChI=1S/C20H41N3O2/c1-16(2)22(7)14-12-21-17(3)15-18-11-9-8-10-13-23(18)19(24)25-20(4,5)6/h16-18,21H,8-15H2,1-7H3. The molecule has 1 rings (SSSR count). The lowest BCUT2D eigenvalue weighted by atomic mass is 10.0. The first-order chi connectivity index (χ1) is 11.6. The van der Waals surface area contributed by atoms with E-state index in [-0.39, 0.29) is 12.1 Å². The van der Waals surface area contributed by atoms with Gasteiger partial charge in [0.05, 0.1) is 0 Å². The number of nitrogens with one attached hydrogen (secondary N) is 1. The number of nitrogens with zero attached hydrogens (tertiary/aromatic N) is 2. The first-order valence-corrected chi connectivity index (χ1v) is 10.0. The molecule has 1 N–H and O–H groups in total. The van der Waals surface area contributed by atoms with Crippen molar-refractivity contribution in [2.45, 2.75) is 97.4 Å². The van der Waals surface area contributed by atoms with Gasteiger partial charge in [-0.2, -0.15) is 0 Å². The van der Waals surface area contributed by atoms with Gasteiger partial charge in [0.1, 0.15) is 5.60 Å². The molecule has 0 spiro atoms. The number of ether oxygens (including phenoxy) is 1. The van der Waals surface area contributed by atoms with Crippen molar-refractivity contribution >= 4 is 6.09 Å². The first-order valence-electron chi connectivity index (χ1n) is 10.0. The summed E-state index contributed by atoms with van der Waals surface area (Å²) < 4.78 is 5.64. The fourth-order valence-corrected chi connectivity index (χ4v) is 3.22. The fourth-order valence-electron chi connectivity index (χ4n) is 3.22. The van der Waals surface area contributed by atoms with Crippen LogP contribution < -0.4 is 5.32 Å². The monoisotopic (exact) mass is 355 g/mol. The molecule has 0 radical (unpaired) electrons. The first kappa shape index (κ1) is 22.2. The van der Waals surface area contributed by atoms with Crippen molar-refractivity contribution in [2.75, 3.05) is 26.7 Å². The fraction of sp³-hybridized carbons (Fsp3) is 0.950. The van der Waals surface area contributed by atoms with Crippen LogP contribution in [0.1, 0.15) is 73.6 Å². The summed E-state index contributed by atoms with van der Waals surface area (Å²) in [5.74, 6) is 0. The quantitative estimate of drug-likeness (QED) is 0.753. The average Bonchev–Trinajstić information content (AvgIpc) is 2.70. The molecule has 25 heavy (non-hydrogen) atoms. The maximum absolute atomic E-state index is 12.6. The van der Waals surface area contributed by atoms with Crippen LogP contribution in [0.5, 0.6) is 0 Å². The van der Waals surface area contributed by atoms with Crippen molar-refractivity contribution in [2.24, 2.45) is 0 Å². The highest BCUT2D eigenvalue weighted by atomic mass is 16.6. The van der Waals surface area contributed by atoms with Crippen molar-refractivity contribution in [1.82, 2.24) is 15.1 Å². The van der Waals surface area contributed by atoms with Crippen LogP contribution in [-0.2, 0) is 4.74 Å². The Balaban J connectivity index is 2.54. The normalized spacial score (nSPS) is 20.7. The van der Waals surface area contributed by atoms with E-state index in [4.69, 9.17) is 4.74 Å². The van der Waals surface area contributed by atoms with Crippen LogP contribution in [0, 0.1) is 0 Å². The van der Waals surface area contributed by atoms with Crippen LogP contribution in [-0.4, -0.2) is 66.3 Å². The van der Waals surface area contributed by atoms with Crippen molar-refractivity contribution in [3.8, 4) is 0 Å². The number of amides is 1. The van der Waals surface area contributed by atoms with Gasteiger partial charge in [0, 0.05) is 37.8 Å². The summed E-state index contributed by atoms with van der Waals surface area (Å²) in [5.41, 5.74) is -0.431. The lowest BCUT2D eigenvalue weighted by molar-refractivity contribution is 0.0150.